The van der Waals surface area contributed by atoms with E-state index in [1.165, 1.54) is 55.3 Å². The van der Waals surface area contributed by atoms with Crippen molar-refractivity contribution in [3.63, 3.8) is 0 Å². The summed E-state index contributed by atoms with van der Waals surface area (Å²) in [5, 5.41) is 4.73. The molecule has 1 heterocycles. The molecule has 0 amide bonds. The molecule has 57 heavy (non-hydrogen) atoms. The molecule has 0 aliphatic heterocycles. The van der Waals surface area contributed by atoms with Crippen molar-refractivity contribution in [1.82, 2.24) is 0 Å². The first kappa shape index (κ1) is 33.2. The van der Waals surface area contributed by atoms with Gasteiger partial charge in [-0.15, -0.1) is 0 Å². The lowest BCUT2D eigenvalue weighted by Crippen LogP contribution is -2.16. The molecule has 0 unspecified atom stereocenters. The van der Waals surface area contributed by atoms with Crippen LogP contribution in [0.15, 0.2) is 205 Å². The summed E-state index contributed by atoms with van der Waals surface area (Å²) in [4.78, 5) is 2.42. The third kappa shape index (κ3) is 5.33. The SMILES string of the molecule is CC1(C)c2ccccc2-c2ccc(N(c3ccc(-c4ccc5c(c4)oc4cc(-c6ccccc6)c6ccccc6c45)cc3)c3ccccc3-c3ccccc3)cc21. The summed E-state index contributed by atoms with van der Waals surface area (Å²) in [6.45, 7) is 4.70. The molecule has 1 aliphatic carbocycles. The van der Waals surface area contributed by atoms with Gasteiger partial charge in [-0.05, 0) is 109 Å². The van der Waals surface area contributed by atoms with Gasteiger partial charge >= 0.3 is 0 Å². The number of furan rings is 1. The lowest BCUT2D eigenvalue weighted by Gasteiger charge is -2.30. The van der Waals surface area contributed by atoms with Gasteiger partial charge in [0.05, 0.1) is 5.69 Å². The molecule has 2 heteroatoms. The Morgan fingerprint density at radius 1 is 0.368 bits per heavy atom. The van der Waals surface area contributed by atoms with Crippen molar-refractivity contribution < 1.29 is 4.42 Å². The van der Waals surface area contributed by atoms with Gasteiger partial charge in [-0.1, -0.05) is 166 Å². The van der Waals surface area contributed by atoms with Crippen LogP contribution >= 0.6 is 0 Å². The van der Waals surface area contributed by atoms with Crippen LogP contribution in [0.4, 0.5) is 17.1 Å². The highest BCUT2D eigenvalue weighted by molar-refractivity contribution is 6.22. The van der Waals surface area contributed by atoms with Crippen LogP contribution in [0.25, 0.3) is 77.2 Å². The van der Waals surface area contributed by atoms with Crippen LogP contribution in [0.1, 0.15) is 25.0 Å². The summed E-state index contributed by atoms with van der Waals surface area (Å²) in [6.07, 6.45) is 0. The van der Waals surface area contributed by atoms with Gasteiger partial charge in [0.1, 0.15) is 11.2 Å². The lowest BCUT2D eigenvalue weighted by atomic mass is 9.82. The van der Waals surface area contributed by atoms with E-state index >= 15 is 0 Å². The molecule has 0 N–H and O–H groups in total. The highest BCUT2D eigenvalue weighted by Gasteiger charge is 2.36. The molecule has 0 atom stereocenters. The fourth-order valence-electron chi connectivity index (χ4n) is 9.27. The van der Waals surface area contributed by atoms with Crippen molar-refractivity contribution in [2.45, 2.75) is 19.3 Å². The second kappa shape index (κ2) is 13.0. The molecule has 2 nitrogen and oxygen atoms in total. The first-order chi connectivity index (χ1) is 28.0. The van der Waals surface area contributed by atoms with Crippen molar-refractivity contribution in [1.29, 1.82) is 0 Å². The van der Waals surface area contributed by atoms with E-state index in [4.69, 9.17) is 4.42 Å². The molecule has 270 valence electrons. The van der Waals surface area contributed by atoms with Crippen LogP contribution < -0.4 is 4.90 Å². The Morgan fingerprint density at radius 2 is 0.965 bits per heavy atom. The molecule has 0 saturated carbocycles. The van der Waals surface area contributed by atoms with E-state index in [0.29, 0.717) is 0 Å². The Kier molecular flexibility index (Phi) is 7.55. The third-order valence-electron chi connectivity index (χ3n) is 12.1. The summed E-state index contributed by atoms with van der Waals surface area (Å²) >= 11 is 0. The van der Waals surface area contributed by atoms with Crippen LogP contribution in [0.2, 0.25) is 0 Å². The van der Waals surface area contributed by atoms with E-state index in [-0.39, 0.29) is 5.41 Å². The fraction of sp³-hybridized carbons (Fsp3) is 0.0545. The molecule has 1 aromatic heterocycles. The van der Waals surface area contributed by atoms with Crippen LogP contribution in [0, 0.1) is 0 Å². The molecule has 0 saturated heterocycles. The highest BCUT2D eigenvalue weighted by Crippen LogP contribution is 2.51. The van der Waals surface area contributed by atoms with Gasteiger partial charge in [-0.3, -0.25) is 0 Å². The summed E-state index contributed by atoms with van der Waals surface area (Å²) < 4.78 is 6.69. The van der Waals surface area contributed by atoms with E-state index in [0.717, 1.165) is 50.1 Å². The normalized spacial score (nSPS) is 12.9. The standard InChI is InChI=1S/C55H39NO/c1-55(2)49-23-13-11-21-44(49)45-32-30-41(34-50(45)55)56(51-24-14-12-19-42(51)37-15-5-3-6-16-37)40-28-25-36(26-29-40)39-27-31-47-52(33-39)57-53-35-48(38-17-7-4-8-18-38)43-20-9-10-22-46(43)54(47)53/h3-35H,1-2H3. The molecule has 0 bridgehead atoms. The second-order valence-electron chi connectivity index (χ2n) is 15.7. The number of hydrogen-bond acceptors (Lipinski definition) is 2. The molecular weight excluding hydrogens is 691 g/mol. The first-order valence-electron chi connectivity index (χ1n) is 19.8. The van der Waals surface area contributed by atoms with Gasteiger partial charge in [0.2, 0.25) is 0 Å². The Morgan fingerprint density at radius 3 is 1.74 bits per heavy atom. The Balaban J connectivity index is 1.03. The van der Waals surface area contributed by atoms with Crippen LogP contribution in [-0.4, -0.2) is 0 Å². The van der Waals surface area contributed by atoms with Gasteiger partial charge < -0.3 is 9.32 Å². The second-order valence-corrected chi connectivity index (χ2v) is 15.7. The summed E-state index contributed by atoms with van der Waals surface area (Å²) in [6, 6.07) is 72.5. The minimum absolute atomic E-state index is 0.110. The molecule has 10 aromatic rings. The molecule has 0 spiro atoms. The minimum atomic E-state index is -0.110. The third-order valence-corrected chi connectivity index (χ3v) is 12.1. The zero-order chi connectivity index (χ0) is 38.1. The van der Waals surface area contributed by atoms with Gasteiger partial charge in [0.25, 0.3) is 0 Å². The fourth-order valence-corrected chi connectivity index (χ4v) is 9.27. The summed E-state index contributed by atoms with van der Waals surface area (Å²) in [5.74, 6) is 0. The van der Waals surface area contributed by atoms with E-state index in [9.17, 15) is 0 Å². The van der Waals surface area contributed by atoms with Gasteiger partial charge in [0.15, 0.2) is 0 Å². The maximum atomic E-state index is 6.69. The van der Waals surface area contributed by atoms with Crippen molar-refractivity contribution in [2.75, 3.05) is 4.90 Å². The predicted molar refractivity (Wildman–Crippen MR) is 240 cm³/mol. The number of para-hydroxylation sites is 1. The van der Waals surface area contributed by atoms with Crippen molar-refractivity contribution >= 4 is 49.8 Å². The van der Waals surface area contributed by atoms with E-state index in [1.54, 1.807) is 0 Å². The quantitative estimate of drug-likeness (QED) is 0.169. The van der Waals surface area contributed by atoms with Gasteiger partial charge in [0, 0.05) is 33.1 Å². The monoisotopic (exact) mass is 729 g/mol. The van der Waals surface area contributed by atoms with Gasteiger partial charge in [-0.2, -0.15) is 0 Å². The number of fused-ring (bicyclic) bond motifs is 8. The Labute approximate surface area is 332 Å². The molecule has 9 aromatic carbocycles. The topological polar surface area (TPSA) is 16.4 Å². The van der Waals surface area contributed by atoms with Crippen LogP contribution in [0.5, 0.6) is 0 Å². The van der Waals surface area contributed by atoms with Crippen molar-refractivity contribution in [3.05, 3.63) is 211 Å². The summed E-state index contributed by atoms with van der Waals surface area (Å²) in [7, 11) is 0. The Bertz CT molecular complexity index is 3140. The smallest absolute Gasteiger partial charge is 0.136 e. The van der Waals surface area contributed by atoms with Gasteiger partial charge in [-0.25, -0.2) is 0 Å². The Hall–Kier alpha value is -7.16. The summed E-state index contributed by atoms with van der Waals surface area (Å²) in [5.41, 5.74) is 17.4. The number of anilines is 3. The predicted octanol–water partition coefficient (Wildman–Crippen LogP) is 15.5. The number of nitrogens with zero attached hydrogens (tertiary/aromatic N) is 1. The van der Waals surface area contributed by atoms with Crippen LogP contribution in [-0.2, 0) is 5.41 Å². The zero-order valence-electron chi connectivity index (χ0n) is 31.9. The number of benzene rings is 9. The number of rotatable bonds is 6. The van der Waals surface area contributed by atoms with Crippen LogP contribution in [0.3, 0.4) is 0 Å². The van der Waals surface area contributed by atoms with Crippen molar-refractivity contribution in [2.24, 2.45) is 0 Å². The molecule has 0 fully saturated rings. The maximum Gasteiger partial charge on any atom is 0.136 e. The average Bonchev–Trinajstić information content (AvgIpc) is 3.75. The number of hydrogen-bond donors (Lipinski definition) is 0. The minimum Gasteiger partial charge on any atom is -0.456 e. The average molecular weight is 730 g/mol. The maximum absolute atomic E-state index is 6.69. The highest BCUT2D eigenvalue weighted by atomic mass is 16.3. The van der Waals surface area contributed by atoms with E-state index in [2.05, 4.69) is 219 Å². The molecule has 11 rings (SSSR count). The lowest BCUT2D eigenvalue weighted by molar-refractivity contribution is 0.660. The first-order valence-corrected chi connectivity index (χ1v) is 19.8. The van der Waals surface area contributed by atoms with E-state index < -0.39 is 0 Å². The van der Waals surface area contributed by atoms with Crippen molar-refractivity contribution in [3.8, 4) is 44.5 Å². The molecule has 1 aliphatic rings. The van der Waals surface area contributed by atoms with E-state index in [1.807, 2.05) is 0 Å². The molecular formula is C55H39NO. The largest absolute Gasteiger partial charge is 0.456 e. The molecule has 0 radical (unpaired) electrons. The zero-order valence-corrected chi connectivity index (χ0v) is 31.9.